The van der Waals surface area contributed by atoms with Gasteiger partial charge in [-0.3, -0.25) is 9.59 Å². The molecule has 0 aliphatic carbocycles. The van der Waals surface area contributed by atoms with Crippen molar-refractivity contribution >= 4 is 33.4 Å². The smallest absolute Gasteiger partial charge is 0.246 e. The SMILES string of the molecule is COCCOCC(=O)N[C@@H](Cc1c2ccccc2cc2ccccc12)C(N)=O. The summed E-state index contributed by atoms with van der Waals surface area (Å²) in [4.78, 5) is 24.2. The highest BCUT2D eigenvalue weighted by atomic mass is 16.5. The van der Waals surface area contributed by atoms with E-state index in [-0.39, 0.29) is 12.5 Å². The lowest BCUT2D eigenvalue weighted by atomic mass is 9.92. The summed E-state index contributed by atoms with van der Waals surface area (Å²) in [7, 11) is 1.56. The third kappa shape index (κ3) is 4.65. The third-order valence-corrected chi connectivity index (χ3v) is 4.63. The van der Waals surface area contributed by atoms with Gasteiger partial charge in [-0.2, -0.15) is 0 Å². The molecule has 3 rings (SSSR count). The van der Waals surface area contributed by atoms with Crippen LogP contribution in [-0.4, -0.2) is 44.8 Å². The molecule has 1 atom stereocenters. The van der Waals surface area contributed by atoms with Crippen molar-refractivity contribution < 1.29 is 19.1 Å². The number of hydrogen-bond donors (Lipinski definition) is 2. The fraction of sp³-hybridized carbons (Fsp3) is 0.273. The fourth-order valence-corrected chi connectivity index (χ4v) is 3.30. The number of fused-ring (bicyclic) bond motifs is 2. The molecule has 0 aliphatic rings. The fourth-order valence-electron chi connectivity index (χ4n) is 3.30. The minimum absolute atomic E-state index is 0.149. The van der Waals surface area contributed by atoms with Gasteiger partial charge in [-0.05, 0) is 33.2 Å². The number of methoxy groups -OCH3 is 1. The maximum Gasteiger partial charge on any atom is 0.246 e. The second-order valence-electron chi connectivity index (χ2n) is 6.57. The van der Waals surface area contributed by atoms with E-state index in [0.29, 0.717) is 19.6 Å². The molecule has 3 aromatic rings. The van der Waals surface area contributed by atoms with Gasteiger partial charge >= 0.3 is 0 Å². The first-order valence-corrected chi connectivity index (χ1v) is 9.15. The van der Waals surface area contributed by atoms with Crippen molar-refractivity contribution in [3.05, 3.63) is 60.2 Å². The highest BCUT2D eigenvalue weighted by Crippen LogP contribution is 2.29. The number of benzene rings is 3. The van der Waals surface area contributed by atoms with Crippen LogP contribution < -0.4 is 11.1 Å². The van der Waals surface area contributed by atoms with Crippen molar-refractivity contribution in [2.24, 2.45) is 5.73 Å². The molecule has 28 heavy (non-hydrogen) atoms. The van der Waals surface area contributed by atoms with Gasteiger partial charge in [0.1, 0.15) is 12.6 Å². The van der Waals surface area contributed by atoms with Crippen LogP contribution in [0.15, 0.2) is 54.6 Å². The van der Waals surface area contributed by atoms with Gasteiger partial charge in [-0.1, -0.05) is 48.5 Å². The molecule has 0 aromatic heterocycles. The molecule has 0 aliphatic heterocycles. The van der Waals surface area contributed by atoms with Crippen molar-refractivity contribution in [2.45, 2.75) is 12.5 Å². The Kier molecular flexibility index (Phi) is 6.57. The number of primary amides is 1. The molecule has 0 saturated carbocycles. The van der Waals surface area contributed by atoms with E-state index in [2.05, 4.69) is 11.4 Å². The summed E-state index contributed by atoms with van der Waals surface area (Å²) in [6.45, 7) is 0.553. The lowest BCUT2D eigenvalue weighted by Crippen LogP contribution is -2.47. The highest BCUT2D eigenvalue weighted by molar-refractivity contribution is 6.03. The quantitative estimate of drug-likeness (QED) is 0.440. The van der Waals surface area contributed by atoms with Crippen molar-refractivity contribution in [3.63, 3.8) is 0 Å². The van der Waals surface area contributed by atoms with Crippen molar-refractivity contribution in [1.82, 2.24) is 5.32 Å². The van der Waals surface area contributed by atoms with E-state index in [9.17, 15) is 9.59 Å². The standard InChI is InChI=1S/C22H24N2O4/c1-27-10-11-28-14-21(25)24-20(22(23)26)13-19-17-8-4-2-6-15(17)12-16-7-3-5-9-18(16)19/h2-9,12,20H,10-11,13-14H2,1H3,(H2,23,26)(H,24,25)/t20-/m0/s1. The lowest BCUT2D eigenvalue weighted by molar-refractivity contribution is -0.130. The molecule has 3 aromatic carbocycles. The predicted octanol–water partition coefficient (Wildman–Crippen LogP) is 2.17. The first-order valence-electron chi connectivity index (χ1n) is 9.15. The molecule has 0 bridgehead atoms. The van der Waals surface area contributed by atoms with Crippen LogP contribution in [0.5, 0.6) is 0 Å². The summed E-state index contributed by atoms with van der Waals surface area (Å²) >= 11 is 0. The monoisotopic (exact) mass is 380 g/mol. The Morgan fingerprint density at radius 1 is 1.00 bits per heavy atom. The number of nitrogens with one attached hydrogen (secondary N) is 1. The molecular formula is C22H24N2O4. The average molecular weight is 380 g/mol. The minimum atomic E-state index is -0.826. The molecular weight excluding hydrogens is 356 g/mol. The Labute approximate surface area is 163 Å². The Balaban J connectivity index is 1.87. The van der Waals surface area contributed by atoms with Gasteiger partial charge in [0.05, 0.1) is 13.2 Å². The molecule has 2 amide bonds. The van der Waals surface area contributed by atoms with Crippen molar-refractivity contribution in [2.75, 3.05) is 26.9 Å². The lowest BCUT2D eigenvalue weighted by Gasteiger charge is -2.18. The zero-order chi connectivity index (χ0) is 19.9. The zero-order valence-corrected chi connectivity index (χ0v) is 15.8. The van der Waals surface area contributed by atoms with E-state index in [4.69, 9.17) is 15.2 Å². The second kappa shape index (κ2) is 9.30. The Morgan fingerprint density at radius 2 is 1.61 bits per heavy atom. The topological polar surface area (TPSA) is 90.7 Å². The van der Waals surface area contributed by atoms with E-state index in [1.54, 1.807) is 7.11 Å². The van der Waals surface area contributed by atoms with Gasteiger partial charge < -0.3 is 20.5 Å². The number of rotatable bonds is 9. The summed E-state index contributed by atoms with van der Waals surface area (Å²) in [5.41, 5.74) is 6.57. The van der Waals surface area contributed by atoms with Gasteiger partial charge in [0.2, 0.25) is 11.8 Å². The van der Waals surface area contributed by atoms with Crippen molar-refractivity contribution in [1.29, 1.82) is 0 Å². The van der Waals surface area contributed by atoms with E-state index < -0.39 is 11.9 Å². The predicted molar refractivity (Wildman–Crippen MR) is 109 cm³/mol. The van der Waals surface area contributed by atoms with Gasteiger partial charge in [0, 0.05) is 13.5 Å². The van der Waals surface area contributed by atoms with Gasteiger partial charge in [0.15, 0.2) is 0 Å². The number of amides is 2. The van der Waals surface area contributed by atoms with Crippen LogP contribution in [0.25, 0.3) is 21.5 Å². The van der Waals surface area contributed by atoms with Crippen molar-refractivity contribution in [3.8, 4) is 0 Å². The first kappa shape index (κ1) is 19.8. The van der Waals surface area contributed by atoms with Crippen LogP contribution in [0.2, 0.25) is 0 Å². The maximum atomic E-state index is 12.2. The van der Waals surface area contributed by atoms with E-state index in [0.717, 1.165) is 27.1 Å². The van der Waals surface area contributed by atoms with Gasteiger partial charge in [-0.25, -0.2) is 0 Å². The Bertz CT molecular complexity index is 933. The number of nitrogens with two attached hydrogens (primary N) is 1. The van der Waals surface area contributed by atoms with Crippen LogP contribution in [0.4, 0.5) is 0 Å². The summed E-state index contributed by atoms with van der Waals surface area (Å²) in [5, 5.41) is 6.93. The molecule has 0 radical (unpaired) electrons. The Morgan fingerprint density at radius 3 is 2.18 bits per heavy atom. The molecule has 6 heteroatoms. The maximum absolute atomic E-state index is 12.2. The summed E-state index contributed by atoms with van der Waals surface area (Å²) < 4.78 is 10.1. The molecule has 3 N–H and O–H groups in total. The van der Waals surface area contributed by atoms with Gasteiger partial charge in [0.25, 0.3) is 0 Å². The molecule has 6 nitrogen and oxygen atoms in total. The number of hydrogen-bond acceptors (Lipinski definition) is 4. The van der Waals surface area contributed by atoms with Crippen LogP contribution in [-0.2, 0) is 25.5 Å². The van der Waals surface area contributed by atoms with Crippen LogP contribution >= 0.6 is 0 Å². The third-order valence-electron chi connectivity index (χ3n) is 4.63. The number of carbonyl (C=O) groups is 2. The Hall–Kier alpha value is -2.96. The summed E-state index contributed by atoms with van der Waals surface area (Å²) in [5.74, 6) is -0.966. The summed E-state index contributed by atoms with van der Waals surface area (Å²) in [6, 6.07) is 17.3. The second-order valence-corrected chi connectivity index (χ2v) is 6.57. The van der Waals surface area contributed by atoms with Crippen LogP contribution in [0, 0.1) is 0 Å². The van der Waals surface area contributed by atoms with E-state index in [1.165, 1.54) is 0 Å². The number of carbonyl (C=O) groups excluding carboxylic acids is 2. The summed E-state index contributed by atoms with van der Waals surface area (Å²) in [6.07, 6.45) is 0.307. The normalized spacial score (nSPS) is 12.2. The van der Waals surface area contributed by atoms with E-state index in [1.807, 2.05) is 48.5 Å². The largest absolute Gasteiger partial charge is 0.382 e. The first-order chi connectivity index (χ1) is 13.6. The molecule has 0 unspecified atom stereocenters. The average Bonchev–Trinajstić information content (AvgIpc) is 2.70. The molecule has 0 heterocycles. The molecule has 0 spiro atoms. The van der Waals surface area contributed by atoms with Crippen LogP contribution in [0.1, 0.15) is 5.56 Å². The minimum Gasteiger partial charge on any atom is -0.382 e. The molecule has 146 valence electrons. The molecule has 0 fully saturated rings. The molecule has 0 saturated heterocycles. The zero-order valence-electron chi connectivity index (χ0n) is 15.8. The number of ether oxygens (including phenoxy) is 2. The van der Waals surface area contributed by atoms with E-state index >= 15 is 0 Å². The van der Waals surface area contributed by atoms with Gasteiger partial charge in [-0.15, -0.1) is 0 Å². The highest BCUT2D eigenvalue weighted by Gasteiger charge is 2.21. The van der Waals surface area contributed by atoms with Crippen LogP contribution in [0.3, 0.4) is 0 Å².